The van der Waals surface area contributed by atoms with Crippen molar-refractivity contribution in [2.45, 2.75) is 33.2 Å². The van der Waals surface area contributed by atoms with Crippen LogP contribution in [-0.2, 0) is 4.79 Å². The minimum absolute atomic E-state index is 0.182. The molecule has 0 bridgehead atoms. The number of fused-ring (bicyclic) bond motifs is 1. The summed E-state index contributed by atoms with van der Waals surface area (Å²) in [5, 5.41) is 3.45. The Bertz CT molecular complexity index is 1020. The molecule has 0 fully saturated rings. The average Bonchev–Trinajstić information content (AvgIpc) is 2.93. The summed E-state index contributed by atoms with van der Waals surface area (Å²) in [5.41, 5.74) is 1.32. The van der Waals surface area contributed by atoms with Crippen molar-refractivity contribution in [3.63, 3.8) is 0 Å². The lowest BCUT2D eigenvalue weighted by atomic mass is 10.1. The molecule has 0 spiro atoms. The number of carbonyl (C=O) groups excluding carboxylic acids is 1. The molecule has 26 heavy (non-hydrogen) atoms. The first-order chi connectivity index (χ1) is 12.5. The summed E-state index contributed by atoms with van der Waals surface area (Å²) in [4.78, 5) is 32.0. The van der Waals surface area contributed by atoms with E-state index in [1.165, 1.54) is 22.2 Å². The minimum Gasteiger partial charge on any atom is -0.495 e. The Hall–Kier alpha value is -2.67. The highest BCUT2D eigenvalue weighted by molar-refractivity contribution is 7.18. The molecule has 0 saturated heterocycles. The third-order valence-electron chi connectivity index (χ3n) is 4.50. The number of benzene rings is 1. The molecular weight excluding hydrogens is 350 g/mol. The van der Waals surface area contributed by atoms with E-state index >= 15 is 0 Å². The van der Waals surface area contributed by atoms with E-state index < -0.39 is 6.04 Å². The van der Waals surface area contributed by atoms with Gasteiger partial charge in [-0.1, -0.05) is 19.1 Å². The second-order valence-corrected chi connectivity index (χ2v) is 7.24. The Labute approximate surface area is 155 Å². The second kappa shape index (κ2) is 7.29. The molecule has 6 nitrogen and oxygen atoms in total. The summed E-state index contributed by atoms with van der Waals surface area (Å²) in [6.45, 7) is 5.75. The fourth-order valence-electron chi connectivity index (χ4n) is 2.94. The third kappa shape index (κ3) is 3.10. The molecule has 1 atom stereocenters. The van der Waals surface area contributed by atoms with Crippen molar-refractivity contribution in [2.24, 2.45) is 0 Å². The molecule has 2 aromatic heterocycles. The van der Waals surface area contributed by atoms with Crippen LogP contribution < -0.4 is 15.6 Å². The van der Waals surface area contributed by atoms with Crippen LogP contribution >= 0.6 is 11.3 Å². The largest absolute Gasteiger partial charge is 0.495 e. The lowest BCUT2D eigenvalue weighted by Crippen LogP contribution is -2.33. The van der Waals surface area contributed by atoms with E-state index in [4.69, 9.17) is 4.74 Å². The lowest BCUT2D eigenvalue weighted by molar-refractivity contribution is -0.119. The topological polar surface area (TPSA) is 73.2 Å². The molecule has 1 aromatic carbocycles. The number of carbonyl (C=O) groups is 1. The third-order valence-corrected chi connectivity index (χ3v) is 5.62. The van der Waals surface area contributed by atoms with Crippen LogP contribution in [0.25, 0.3) is 10.2 Å². The Balaban J connectivity index is 1.99. The van der Waals surface area contributed by atoms with Crippen LogP contribution in [-0.4, -0.2) is 22.6 Å². The zero-order valence-corrected chi connectivity index (χ0v) is 16.0. The number of aryl methyl sites for hydroxylation is 2. The molecule has 1 amide bonds. The number of methoxy groups -OCH3 is 1. The van der Waals surface area contributed by atoms with E-state index in [1.54, 1.807) is 19.2 Å². The predicted octanol–water partition coefficient (Wildman–Crippen LogP) is 3.67. The molecule has 3 aromatic rings. The van der Waals surface area contributed by atoms with E-state index in [-0.39, 0.29) is 11.5 Å². The van der Waals surface area contributed by atoms with Gasteiger partial charge in [-0.25, -0.2) is 4.98 Å². The van der Waals surface area contributed by atoms with E-state index in [0.717, 1.165) is 10.4 Å². The van der Waals surface area contributed by atoms with Gasteiger partial charge in [0, 0.05) is 4.88 Å². The summed E-state index contributed by atoms with van der Waals surface area (Å²) in [5.74, 6) is 0.297. The molecule has 2 heterocycles. The summed E-state index contributed by atoms with van der Waals surface area (Å²) >= 11 is 1.50. The van der Waals surface area contributed by atoms with E-state index in [9.17, 15) is 9.59 Å². The van der Waals surface area contributed by atoms with Crippen molar-refractivity contribution in [3.05, 3.63) is 51.4 Å². The number of hydrogen-bond acceptors (Lipinski definition) is 5. The molecule has 1 N–H and O–H groups in total. The van der Waals surface area contributed by atoms with Crippen LogP contribution in [0.2, 0.25) is 0 Å². The number of rotatable bonds is 5. The van der Waals surface area contributed by atoms with Crippen LogP contribution in [0.4, 0.5) is 5.69 Å². The van der Waals surface area contributed by atoms with E-state index in [1.807, 2.05) is 32.9 Å². The van der Waals surface area contributed by atoms with Crippen molar-refractivity contribution in [1.82, 2.24) is 9.55 Å². The highest BCUT2D eigenvalue weighted by atomic mass is 32.1. The molecule has 7 heteroatoms. The second-order valence-electron chi connectivity index (χ2n) is 6.03. The standard InChI is InChI=1S/C19H21N3O3S/c1-5-14(17(23)21-13-8-6-7-9-15(13)25-4)22-10-20-18-16(19(22)24)11(2)12(3)26-18/h6-10,14H,5H2,1-4H3,(H,21,23). The summed E-state index contributed by atoms with van der Waals surface area (Å²) < 4.78 is 6.69. The zero-order valence-electron chi connectivity index (χ0n) is 15.2. The summed E-state index contributed by atoms with van der Waals surface area (Å²) in [6, 6.07) is 6.53. The number of nitrogens with zero attached hydrogens (tertiary/aromatic N) is 2. The predicted molar refractivity (Wildman–Crippen MR) is 104 cm³/mol. The van der Waals surface area contributed by atoms with Gasteiger partial charge >= 0.3 is 0 Å². The molecule has 0 radical (unpaired) electrons. The molecule has 3 rings (SSSR count). The zero-order chi connectivity index (χ0) is 18.8. The van der Waals surface area contributed by atoms with Gasteiger partial charge in [-0.3, -0.25) is 14.2 Å². The van der Waals surface area contributed by atoms with Gasteiger partial charge in [0.2, 0.25) is 5.91 Å². The van der Waals surface area contributed by atoms with Gasteiger partial charge in [-0.2, -0.15) is 0 Å². The first kappa shape index (κ1) is 18.1. The summed E-state index contributed by atoms with van der Waals surface area (Å²) in [7, 11) is 1.55. The SMILES string of the molecule is CCC(C(=O)Nc1ccccc1OC)n1cnc2sc(C)c(C)c2c1=O. The number of hydrogen-bond donors (Lipinski definition) is 1. The van der Waals surface area contributed by atoms with Gasteiger partial charge in [0.1, 0.15) is 16.6 Å². The monoisotopic (exact) mass is 371 g/mol. The van der Waals surface area contributed by atoms with Gasteiger partial charge < -0.3 is 10.1 Å². The Morgan fingerprint density at radius 1 is 1.35 bits per heavy atom. The number of para-hydroxylation sites is 2. The Morgan fingerprint density at radius 2 is 2.08 bits per heavy atom. The number of aromatic nitrogens is 2. The van der Waals surface area contributed by atoms with Crippen molar-refractivity contribution >= 4 is 33.1 Å². The highest BCUT2D eigenvalue weighted by Crippen LogP contribution is 2.27. The molecule has 0 aliphatic rings. The Kier molecular flexibility index (Phi) is 5.08. The number of thiophene rings is 1. The first-order valence-corrected chi connectivity index (χ1v) is 9.20. The maximum Gasteiger partial charge on any atom is 0.263 e. The number of ether oxygens (including phenoxy) is 1. The van der Waals surface area contributed by atoms with Crippen molar-refractivity contribution < 1.29 is 9.53 Å². The average molecular weight is 371 g/mol. The molecule has 136 valence electrons. The Morgan fingerprint density at radius 3 is 2.77 bits per heavy atom. The van der Waals surface area contributed by atoms with Crippen molar-refractivity contribution in [2.75, 3.05) is 12.4 Å². The van der Waals surface area contributed by atoms with Gasteiger partial charge in [-0.05, 0) is 38.0 Å². The van der Waals surface area contributed by atoms with Crippen molar-refractivity contribution in [3.8, 4) is 5.75 Å². The van der Waals surface area contributed by atoms with E-state index in [2.05, 4.69) is 10.3 Å². The first-order valence-electron chi connectivity index (χ1n) is 8.38. The van der Waals surface area contributed by atoms with Gasteiger partial charge in [0.15, 0.2) is 0 Å². The van der Waals surface area contributed by atoms with E-state index in [0.29, 0.717) is 28.1 Å². The molecule has 1 unspecified atom stereocenters. The lowest BCUT2D eigenvalue weighted by Gasteiger charge is -2.18. The van der Waals surface area contributed by atoms with Gasteiger partial charge in [0.05, 0.1) is 24.5 Å². The fraction of sp³-hybridized carbons (Fsp3) is 0.316. The quantitative estimate of drug-likeness (QED) is 0.743. The van der Waals surface area contributed by atoms with Crippen LogP contribution in [0, 0.1) is 13.8 Å². The summed E-state index contributed by atoms with van der Waals surface area (Å²) in [6.07, 6.45) is 1.94. The number of amides is 1. The minimum atomic E-state index is -0.649. The highest BCUT2D eigenvalue weighted by Gasteiger charge is 2.23. The van der Waals surface area contributed by atoms with Crippen LogP contribution in [0.3, 0.4) is 0 Å². The smallest absolute Gasteiger partial charge is 0.263 e. The van der Waals surface area contributed by atoms with Crippen molar-refractivity contribution in [1.29, 1.82) is 0 Å². The van der Waals surface area contributed by atoms with Gasteiger partial charge in [0.25, 0.3) is 5.56 Å². The number of nitrogens with one attached hydrogen (secondary N) is 1. The number of anilines is 1. The normalized spacial score (nSPS) is 12.2. The fourth-order valence-corrected chi connectivity index (χ4v) is 3.93. The van der Waals surface area contributed by atoms with Crippen LogP contribution in [0.5, 0.6) is 5.75 Å². The van der Waals surface area contributed by atoms with Crippen LogP contribution in [0.15, 0.2) is 35.4 Å². The molecular formula is C19H21N3O3S. The molecule has 0 saturated carbocycles. The maximum absolute atomic E-state index is 13.0. The van der Waals surface area contributed by atoms with Crippen LogP contribution in [0.1, 0.15) is 29.8 Å². The molecule has 0 aliphatic heterocycles. The van der Waals surface area contributed by atoms with Gasteiger partial charge in [-0.15, -0.1) is 11.3 Å². The maximum atomic E-state index is 13.0. The molecule has 0 aliphatic carbocycles.